The second-order valence-electron chi connectivity index (χ2n) is 6.07. The monoisotopic (exact) mass is 287 g/mol. The third kappa shape index (κ3) is 2.61. The Kier molecular flexibility index (Phi) is 3.27. The van der Waals surface area contributed by atoms with Crippen LogP contribution in [0.1, 0.15) is 18.4 Å². The number of aryl methyl sites for hydroxylation is 1. The van der Waals surface area contributed by atoms with Gasteiger partial charge in [-0.1, -0.05) is 6.07 Å². The maximum atomic E-state index is 5.94. The molecule has 0 saturated carbocycles. The normalized spacial score (nSPS) is 26.1. The molecule has 1 N–H and O–H groups in total. The molecule has 2 unspecified atom stereocenters. The Labute approximate surface area is 124 Å². The minimum atomic E-state index is 0.229. The highest BCUT2D eigenvalue weighted by molar-refractivity contribution is 5.44. The topological polar surface area (TPSA) is 54.7 Å². The van der Waals surface area contributed by atoms with Gasteiger partial charge < -0.3 is 10.1 Å². The van der Waals surface area contributed by atoms with Crippen molar-refractivity contribution in [3.8, 4) is 0 Å². The molecule has 0 amide bonds. The molecule has 112 valence electrons. The van der Waals surface area contributed by atoms with Crippen LogP contribution in [0.2, 0.25) is 0 Å². The minimum Gasteiger partial charge on any atom is -0.373 e. The Morgan fingerprint density at radius 2 is 2.38 bits per heavy atom. The molecule has 2 aromatic heterocycles. The zero-order valence-corrected chi connectivity index (χ0v) is 12.3. The maximum Gasteiger partial charge on any atom is 0.243 e. The van der Waals surface area contributed by atoms with Gasteiger partial charge in [-0.3, -0.25) is 4.90 Å². The third-order valence-electron chi connectivity index (χ3n) is 4.43. The molecule has 6 heteroatoms. The van der Waals surface area contributed by atoms with Crippen molar-refractivity contribution in [3.05, 3.63) is 23.9 Å². The Morgan fingerprint density at radius 1 is 1.43 bits per heavy atom. The largest absolute Gasteiger partial charge is 0.373 e. The Balaban J connectivity index is 1.39. The highest BCUT2D eigenvalue weighted by Gasteiger charge is 2.32. The molecule has 6 nitrogen and oxygen atoms in total. The molecular formula is C15H21N5O. The van der Waals surface area contributed by atoms with E-state index in [0.29, 0.717) is 12.0 Å². The Bertz CT molecular complexity index is 640. The molecule has 2 atom stereocenters. The fraction of sp³-hybridized carbons (Fsp3) is 0.600. The van der Waals surface area contributed by atoms with E-state index in [0.717, 1.165) is 25.3 Å². The predicted molar refractivity (Wildman–Crippen MR) is 80.5 cm³/mol. The number of morpholine rings is 1. The molecule has 2 fully saturated rings. The standard InChI is InChI=1S/C15H21N5O/c1-11-4-5-14-17-15(18-20(14)8-11)16-7-13-9-19-6-2-3-12(19)10-21-13/h4-5,8,12-13H,2-3,6-7,9-10H2,1H3,(H,16,18). The highest BCUT2D eigenvalue weighted by Crippen LogP contribution is 2.22. The number of ether oxygens (including phenoxy) is 1. The van der Waals surface area contributed by atoms with Crippen molar-refractivity contribution < 1.29 is 4.74 Å². The number of hydrogen-bond acceptors (Lipinski definition) is 5. The average molecular weight is 287 g/mol. The number of pyridine rings is 1. The molecule has 2 aromatic rings. The molecule has 4 rings (SSSR count). The minimum absolute atomic E-state index is 0.229. The van der Waals surface area contributed by atoms with E-state index in [-0.39, 0.29) is 6.10 Å². The number of hydrogen-bond donors (Lipinski definition) is 1. The van der Waals surface area contributed by atoms with E-state index in [1.807, 2.05) is 22.8 Å². The Hall–Kier alpha value is -1.66. The van der Waals surface area contributed by atoms with Gasteiger partial charge in [0.05, 0.1) is 12.7 Å². The lowest BCUT2D eigenvalue weighted by Crippen LogP contribution is -2.48. The number of aromatic nitrogens is 3. The van der Waals surface area contributed by atoms with E-state index in [2.05, 4.69) is 27.2 Å². The van der Waals surface area contributed by atoms with Gasteiger partial charge in [0.2, 0.25) is 5.95 Å². The number of nitrogens with one attached hydrogen (secondary N) is 1. The van der Waals surface area contributed by atoms with Gasteiger partial charge in [-0.05, 0) is 37.9 Å². The first-order valence-corrected chi connectivity index (χ1v) is 7.70. The number of nitrogens with zero attached hydrogens (tertiary/aromatic N) is 4. The van der Waals surface area contributed by atoms with Gasteiger partial charge in [0.25, 0.3) is 0 Å². The fourth-order valence-electron chi connectivity index (χ4n) is 3.28. The van der Waals surface area contributed by atoms with Crippen LogP contribution >= 0.6 is 0 Å². The van der Waals surface area contributed by atoms with Crippen LogP contribution < -0.4 is 5.32 Å². The van der Waals surface area contributed by atoms with E-state index < -0.39 is 0 Å². The number of rotatable bonds is 3. The molecule has 0 spiro atoms. The zero-order valence-electron chi connectivity index (χ0n) is 12.3. The van der Waals surface area contributed by atoms with E-state index in [4.69, 9.17) is 4.74 Å². The molecule has 2 aliphatic heterocycles. The quantitative estimate of drug-likeness (QED) is 0.922. The molecule has 2 saturated heterocycles. The average Bonchev–Trinajstić information content (AvgIpc) is 3.09. The molecule has 0 aromatic carbocycles. The lowest BCUT2D eigenvalue weighted by atomic mass is 10.2. The van der Waals surface area contributed by atoms with Gasteiger partial charge in [-0.25, -0.2) is 4.52 Å². The van der Waals surface area contributed by atoms with E-state index >= 15 is 0 Å². The first-order chi connectivity index (χ1) is 10.3. The molecule has 0 bridgehead atoms. The van der Waals surface area contributed by atoms with Crippen LogP contribution in [0.15, 0.2) is 18.3 Å². The van der Waals surface area contributed by atoms with Crippen LogP contribution in [-0.4, -0.2) is 57.9 Å². The van der Waals surface area contributed by atoms with Gasteiger partial charge in [-0.15, -0.1) is 5.10 Å². The molecule has 2 aliphatic rings. The van der Waals surface area contributed by atoms with E-state index in [1.54, 1.807) is 0 Å². The molecule has 0 aliphatic carbocycles. The second kappa shape index (κ2) is 5.27. The van der Waals surface area contributed by atoms with Crippen LogP contribution in [0, 0.1) is 6.92 Å². The summed E-state index contributed by atoms with van der Waals surface area (Å²) in [5.74, 6) is 0.674. The molecule has 4 heterocycles. The van der Waals surface area contributed by atoms with Crippen LogP contribution in [0.3, 0.4) is 0 Å². The van der Waals surface area contributed by atoms with Crippen molar-refractivity contribution in [2.24, 2.45) is 0 Å². The van der Waals surface area contributed by atoms with Crippen molar-refractivity contribution in [3.63, 3.8) is 0 Å². The summed E-state index contributed by atoms with van der Waals surface area (Å²) in [4.78, 5) is 7.03. The summed E-state index contributed by atoms with van der Waals surface area (Å²) in [5, 5.41) is 7.76. The van der Waals surface area contributed by atoms with Crippen molar-refractivity contribution in [2.75, 3.05) is 31.6 Å². The first-order valence-electron chi connectivity index (χ1n) is 7.70. The first kappa shape index (κ1) is 13.0. The fourth-order valence-corrected chi connectivity index (χ4v) is 3.28. The summed E-state index contributed by atoms with van der Waals surface area (Å²) in [6, 6.07) is 4.68. The van der Waals surface area contributed by atoms with Crippen molar-refractivity contribution in [2.45, 2.75) is 31.9 Å². The molecule has 21 heavy (non-hydrogen) atoms. The summed E-state index contributed by atoms with van der Waals surface area (Å²) >= 11 is 0. The molecular weight excluding hydrogens is 266 g/mol. The maximum absolute atomic E-state index is 5.94. The predicted octanol–water partition coefficient (Wildman–Crippen LogP) is 1.31. The highest BCUT2D eigenvalue weighted by atomic mass is 16.5. The van der Waals surface area contributed by atoms with Gasteiger partial charge in [0.1, 0.15) is 0 Å². The van der Waals surface area contributed by atoms with E-state index in [9.17, 15) is 0 Å². The Morgan fingerprint density at radius 3 is 3.33 bits per heavy atom. The van der Waals surface area contributed by atoms with Gasteiger partial charge >= 0.3 is 0 Å². The second-order valence-corrected chi connectivity index (χ2v) is 6.07. The molecule has 0 radical (unpaired) electrons. The van der Waals surface area contributed by atoms with Gasteiger partial charge in [-0.2, -0.15) is 4.98 Å². The lowest BCUT2D eigenvalue weighted by Gasteiger charge is -2.35. The smallest absolute Gasteiger partial charge is 0.243 e. The zero-order chi connectivity index (χ0) is 14.2. The number of anilines is 1. The van der Waals surface area contributed by atoms with Gasteiger partial charge in [0.15, 0.2) is 5.65 Å². The van der Waals surface area contributed by atoms with Crippen LogP contribution in [-0.2, 0) is 4.74 Å². The van der Waals surface area contributed by atoms with Crippen LogP contribution in [0.5, 0.6) is 0 Å². The number of fused-ring (bicyclic) bond motifs is 2. The summed E-state index contributed by atoms with van der Waals surface area (Å²) in [6.45, 7) is 5.92. The van der Waals surface area contributed by atoms with Crippen molar-refractivity contribution in [1.82, 2.24) is 19.5 Å². The SMILES string of the molecule is Cc1ccc2nc(NCC3CN4CCCC4CO3)nn2c1. The van der Waals surface area contributed by atoms with Crippen LogP contribution in [0.4, 0.5) is 5.95 Å². The van der Waals surface area contributed by atoms with Crippen molar-refractivity contribution in [1.29, 1.82) is 0 Å². The van der Waals surface area contributed by atoms with Crippen molar-refractivity contribution >= 4 is 11.6 Å². The summed E-state index contributed by atoms with van der Waals surface area (Å²) in [6.07, 6.45) is 4.81. The summed E-state index contributed by atoms with van der Waals surface area (Å²) < 4.78 is 7.76. The van der Waals surface area contributed by atoms with E-state index in [1.165, 1.54) is 24.9 Å². The summed E-state index contributed by atoms with van der Waals surface area (Å²) in [5.41, 5.74) is 2.04. The van der Waals surface area contributed by atoms with Gasteiger partial charge in [0, 0.05) is 25.3 Å². The summed E-state index contributed by atoms with van der Waals surface area (Å²) in [7, 11) is 0. The third-order valence-corrected chi connectivity index (χ3v) is 4.43. The van der Waals surface area contributed by atoms with Crippen LogP contribution in [0.25, 0.3) is 5.65 Å². The lowest BCUT2D eigenvalue weighted by molar-refractivity contribution is -0.0416.